The van der Waals surface area contributed by atoms with Crippen molar-refractivity contribution in [2.45, 2.75) is 12.6 Å². The zero-order valence-electron chi connectivity index (χ0n) is 17.1. The number of phosphoric ester groups is 1. The highest BCUT2D eigenvalue weighted by atomic mass is 35.5. The van der Waals surface area contributed by atoms with Gasteiger partial charge in [0.25, 0.3) is 5.91 Å². The van der Waals surface area contributed by atoms with Crippen LogP contribution in [0.2, 0.25) is 5.02 Å². The first-order valence-corrected chi connectivity index (χ1v) is 12.9. The van der Waals surface area contributed by atoms with Crippen LogP contribution in [0.25, 0.3) is 0 Å². The van der Waals surface area contributed by atoms with Crippen LogP contribution in [0.15, 0.2) is 36.4 Å². The molecule has 0 aliphatic carbocycles. The van der Waals surface area contributed by atoms with Crippen molar-refractivity contribution in [3.8, 4) is 17.2 Å². The van der Waals surface area contributed by atoms with Crippen LogP contribution in [-0.4, -0.2) is 57.4 Å². The van der Waals surface area contributed by atoms with Gasteiger partial charge in [-0.1, -0.05) is 11.6 Å². The quantitative estimate of drug-likeness (QED) is 0.497. The molecule has 1 atom stereocenters. The topological polar surface area (TPSA) is 135 Å². The van der Waals surface area contributed by atoms with Gasteiger partial charge >= 0.3 is 7.82 Å². The molecule has 0 radical (unpaired) electrons. The fourth-order valence-corrected chi connectivity index (χ4v) is 4.96. The lowest BCUT2D eigenvalue weighted by Gasteiger charge is -2.25. The summed E-state index contributed by atoms with van der Waals surface area (Å²) < 4.78 is 26.1. The van der Waals surface area contributed by atoms with Crippen LogP contribution in [0, 0.1) is 0 Å². The van der Waals surface area contributed by atoms with Crippen molar-refractivity contribution < 1.29 is 37.9 Å². The molecule has 3 N–H and O–H groups in total. The van der Waals surface area contributed by atoms with Gasteiger partial charge in [-0.15, -0.1) is 0 Å². The summed E-state index contributed by atoms with van der Waals surface area (Å²) in [5, 5.41) is 3.20. The third-order valence-corrected chi connectivity index (χ3v) is 6.79. The Morgan fingerprint density at radius 1 is 1.24 bits per heavy atom. The number of carbonyl (C=O) groups is 2. The Hall–Kier alpha value is -2.43. The minimum Gasteiger partial charge on any atom is -0.454 e. The molecule has 0 saturated carbocycles. The van der Waals surface area contributed by atoms with Gasteiger partial charge in [0.1, 0.15) is 11.8 Å². The lowest BCUT2D eigenvalue weighted by Crippen LogP contribution is -2.48. The minimum atomic E-state index is -4.69. The molecule has 1 fully saturated rings. The lowest BCUT2D eigenvalue weighted by molar-refractivity contribution is -0.132. The summed E-state index contributed by atoms with van der Waals surface area (Å²) in [6, 6.07) is 7.93. The molecule has 0 aromatic heterocycles. The zero-order chi connectivity index (χ0) is 23.6. The Bertz CT molecular complexity index is 1110. The van der Waals surface area contributed by atoms with Gasteiger partial charge < -0.3 is 24.2 Å². The number of rotatable bonds is 6. The lowest BCUT2D eigenvalue weighted by atomic mass is 10.1. The zero-order valence-corrected chi connectivity index (χ0v) is 19.6. The Labute approximate surface area is 198 Å². The number of hydrogen-bond acceptors (Lipinski definition) is 7. The molecular formula is C20H20ClN2O8PS. The average molecular weight is 515 g/mol. The maximum Gasteiger partial charge on any atom is 0.524 e. The molecule has 2 aliphatic rings. The van der Waals surface area contributed by atoms with Gasteiger partial charge in [0.15, 0.2) is 11.5 Å². The number of nitrogens with zero attached hydrogens (tertiary/aromatic N) is 1. The highest BCUT2D eigenvalue weighted by Gasteiger charge is 2.30. The second-order valence-electron chi connectivity index (χ2n) is 7.26. The Balaban J connectivity index is 1.43. The third kappa shape index (κ3) is 5.93. The summed E-state index contributed by atoms with van der Waals surface area (Å²) in [6.07, 6.45) is 0. The van der Waals surface area contributed by atoms with Crippen molar-refractivity contribution in [2.75, 3.05) is 24.8 Å². The molecule has 2 heterocycles. The summed E-state index contributed by atoms with van der Waals surface area (Å²) in [4.78, 5) is 45.2. The van der Waals surface area contributed by atoms with Gasteiger partial charge in [-0.25, -0.2) is 4.57 Å². The predicted molar refractivity (Wildman–Crippen MR) is 121 cm³/mol. The minimum absolute atomic E-state index is 0.0761. The molecule has 1 saturated heterocycles. The van der Waals surface area contributed by atoms with Crippen molar-refractivity contribution in [1.29, 1.82) is 0 Å². The number of phosphoric acid groups is 1. The SMILES string of the molecule is O=C(N[C@H]1CSCCN(Cc2cc3c(cc2Cl)OCO3)C1=O)c1ccc(OP(=O)(O)O)cc1. The van der Waals surface area contributed by atoms with E-state index in [-0.39, 0.29) is 30.6 Å². The van der Waals surface area contributed by atoms with E-state index in [4.69, 9.17) is 30.9 Å². The van der Waals surface area contributed by atoms with Gasteiger partial charge in [0.2, 0.25) is 12.7 Å². The van der Waals surface area contributed by atoms with E-state index in [2.05, 4.69) is 9.84 Å². The van der Waals surface area contributed by atoms with E-state index in [1.54, 1.807) is 28.8 Å². The summed E-state index contributed by atoms with van der Waals surface area (Å²) in [5.41, 5.74) is 0.937. The Kier molecular flexibility index (Phi) is 7.06. The molecule has 0 spiro atoms. The molecule has 2 aromatic rings. The number of benzene rings is 2. The molecule has 2 aromatic carbocycles. The monoisotopic (exact) mass is 514 g/mol. The molecular weight excluding hydrogens is 495 g/mol. The fourth-order valence-electron chi connectivity index (χ4n) is 3.37. The van der Waals surface area contributed by atoms with Gasteiger partial charge in [-0.3, -0.25) is 19.4 Å². The number of thioether (sulfide) groups is 1. The van der Waals surface area contributed by atoms with Crippen molar-refractivity contribution in [3.05, 3.63) is 52.5 Å². The first-order valence-electron chi connectivity index (χ1n) is 9.80. The molecule has 33 heavy (non-hydrogen) atoms. The fraction of sp³-hybridized carbons (Fsp3) is 0.300. The summed E-state index contributed by atoms with van der Waals surface area (Å²) in [7, 11) is -4.69. The van der Waals surface area contributed by atoms with E-state index < -0.39 is 19.8 Å². The largest absolute Gasteiger partial charge is 0.524 e. The first kappa shape index (κ1) is 23.7. The maximum atomic E-state index is 13.2. The molecule has 2 amide bonds. The van der Waals surface area contributed by atoms with Gasteiger partial charge in [-0.05, 0) is 35.9 Å². The number of fused-ring (bicyclic) bond motifs is 1. The second kappa shape index (κ2) is 9.82. The first-order chi connectivity index (χ1) is 15.7. The molecule has 4 rings (SSSR count). The van der Waals surface area contributed by atoms with E-state index in [1.807, 2.05) is 0 Å². The van der Waals surface area contributed by atoms with Crippen LogP contribution in [0.5, 0.6) is 17.2 Å². The van der Waals surface area contributed by atoms with Crippen molar-refractivity contribution in [2.24, 2.45) is 0 Å². The number of carbonyl (C=O) groups excluding carboxylic acids is 2. The van der Waals surface area contributed by atoms with E-state index in [1.165, 1.54) is 24.3 Å². The number of halogens is 1. The maximum absolute atomic E-state index is 13.2. The Morgan fingerprint density at radius 3 is 2.64 bits per heavy atom. The van der Waals surface area contributed by atoms with Gasteiger partial charge in [-0.2, -0.15) is 11.8 Å². The number of amides is 2. The van der Waals surface area contributed by atoms with Crippen LogP contribution in [0.3, 0.4) is 0 Å². The summed E-state index contributed by atoms with van der Waals surface area (Å²) >= 11 is 7.91. The normalized spacial score (nSPS) is 18.1. The number of nitrogens with one attached hydrogen (secondary N) is 1. The molecule has 176 valence electrons. The van der Waals surface area contributed by atoms with Crippen molar-refractivity contribution in [3.63, 3.8) is 0 Å². The molecule has 0 unspecified atom stereocenters. The van der Waals surface area contributed by atoms with Crippen LogP contribution in [-0.2, 0) is 15.9 Å². The summed E-state index contributed by atoms with van der Waals surface area (Å²) in [5.74, 6) is 1.45. The number of hydrogen-bond donors (Lipinski definition) is 3. The van der Waals surface area contributed by atoms with Crippen LogP contribution >= 0.6 is 31.2 Å². The Morgan fingerprint density at radius 2 is 1.94 bits per heavy atom. The van der Waals surface area contributed by atoms with E-state index >= 15 is 0 Å². The van der Waals surface area contributed by atoms with Crippen LogP contribution in [0.1, 0.15) is 15.9 Å². The van der Waals surface area contributed by atoms with Crippen LogP contribution in [0.4, 0.5) is 0 Å². The standard InChI is InChI=1S/C20H20ClN2O8PS/c21-15-8-18-17(29-11-30-18)7-13(15)9-23-5-6-33-10-16(20(23)25)22-19(24)12-1-3-14(4-2-12)31-32(26,27)28/h1-4,7-8,16H,5-6,9-11H2,(H,22,24)(H2,26,27,28)/t16-/m0/s1. The van der Waals surface area contributed by atoms with Crippen LogP contribution < -0.4 is 19.3 Å². The smallest absolute Gasteiger partial charge is 0.454 e. The summed E-state index contributed by atoms with van der Waals surface area (Å²) in [6.45, 7) is 0.875. The van der Waals surface area contributed by atoms with Gasteiger partial charge in [0.05, 0.1) is 0 Å². The van der Waals surface area contributed by atoms with E-state index in [9.17, 15) is 14.2 Å². The molecule has 2 aliphatic heterocycles. The third-order valence-electron chi connectivity index (χ3n) is 4.95. The van der Waals surface area contributed by atoms with E-state index in [0.29, 0.717) is 40.1 Å². The van der Waals surface area contributed by atoms with Gasteiger partial charge in [0, 0.05) is 41.2 Å². The number of ether oxygens (including phenoxy) is 2. The molecule has 0 bridgehead atoms. The highest BCUT2D eigenvalue weighted by molar-refractivity contribution is 7.99. The average Bonchev–Trinajstić information content (AvgIpc) is 3.13. The second-order valence-corrected chi connectivity index (χ2v) is 9.98. The van der Waals surface area contributed by atoms with Crippen molar-refractivity contribution in [1.82, 2.24) is 10.2 Å². The van der Waals surface area contributed by atoms with Crippen molar-refractivity contribution >= 4 is 43.0 Å². The predicted octanol–water partition coefficient (Wildman–Crippen LogP) is 2.41. The molecule has 10 nitrogen and oxygen atoms in total. The highest BCUT2D eigenvalue weighted by Crippen LogP contribution is 2.38. The molecule has 13 heteroatoms. The van der Waals surface area contributed by atoms with E-state index in [0.717, 1.165) is 0 Å².